The van der Waals surface area contributed by atoms with Crippen LogP contribution in [0.15, 0.2) is 27.8 Å². The van der Waals surface area contributed by atoms with E-state index in [4.69, 9.17) is 0 Å². The molecule has 0 aliphatic rings. The second-order valence-electron chi connectivity index (χ2n) is 3.35. The first kappa shape index (κ1) is 9.29. The summed E-state index contributed by atoms with van der Waals surface area (Å²) in [7, 11) is 0. The first-order valence-electron chi connectivity index (χ1n) is 4.49. The maximum atomic E-state index is 13.1. The summed E-state index contributed by atoms with van der Waals surface area (Å²) < 4.78 is 13.9. The van der Waals surface area contributed by atoms with Crippen LogP contribution in [-0.2, 0) is 0 Å². The first-order valence-corrected chi connectivity index (χ1v) is 5.31. The van der Waals surface area contributed by atoms with Crippen molar-refractivity contribution in [1.29, 1.82) is 0 Å². The van der Waals surface area contributed by atoms with Gasteiger partial charge in [0.05, 0.1) is 5.52 Å². The number of aromatic amines is 2. The van der Waals surface area contributed by atoms with Gasteiger partial charge in [-0.15, -0.1) is 11.3 Å². The zero-order valence-corrected chi connectivity index (χ0v) is 8.65. The zero-order chi connectivity index (χ0) is 11.3. The lowest BCUT2D eigenvalue weighted by Crippen LogP contribution is -2.28. The number of aromatic nitrogens is 2. The highest BCUT2D eigenvalue weighted by Crippen LogP contribution is 2.30. The molecule has 3 rings (SSSR count). The number of nitrogens with one attached hydrogen (secondary N) is 2. The molecule has 6 heteroatoms. The predicted octanol–water partition coefficient (Wildman–Crippen LogP) is 1.57. The molecule has 2 N–H and O–H groups in total. The number of hydrogen-bond acceptors (Lipinski definition) is 3. The maximum Gasteiger partial charge on any atom is 0.314 e. The third-order valence-electron chi connectivity index (χ3n) is 2.32. The van der Waals surface area contributed by atoms with Crippen LogP contribution in [-0.4, -0.2) is 9.97 Å². The van der Waals surface area contributed by atoms with Gasteiger partial charge in [0.1, 0.15) is 10.6 Å². The van der Waals surface area contributed by atoms with Gasteiger partial charge in [-0.3, -0.25) is 9.59 Å². The quantitative estimate of drug-likeness (QED) is 0.582. The van der Waals surface area contributed by atoms with Gasteiger partial charge in [0, 0.05) is 10.1 Å². The van der Waals surface area contributed by atoms with Crippen LogP contribution >= 0.6 is 11.3 Å². The number of halogens is 1. The number of benzene rings is 1. The topological polar surface area (TPSA) is 65.7 Å². The standard InChI is InChI=1S/C10H5FN2O2S/c11-4-1-2-6-5(3-4)7-10(16-6)13-9(15)8(14)12-7/h1-3H,(H,12,14)(H,13,15). The lowest BCUT2D eigenvalue weighted by molar-refractivity contribution is 0.630. The van der Waals surface area contributed by atoms with E-state index >= 15 is 0 Å². The molecule has 0 unspecified atom stereocenters. The molecule has 0 radical (unpaired) electrons. The minimum atomic E-state index is -0.725. The monoisotopic (exact) mass is 236 g/mol. The number of thiophene rings is 1. The van der Waals surface area contributed by atoms with Crippen LogP contribution in [0.5, 0.6) is 0 Å². The minimum absolute atomic E-state index is 0.376. The Bertz CT molecular complexity index is 815. The summed E-state index contributed by atoms with van der Waals surface area (Å²) in [5, 5.41) is 0.605. The Hall–Kier alpha value is -1.95. The molecule has 0 saturated carbocycles. The number of hydrogen-bond donors (Lipinski definition) is 2. The Morgan fingerprint density at radius 2 is 1.88 bits per heavy atom. The van der Waals surface area contributed by atoms with Crippen molar-refractivity contribution in [3.8, 4) is 0 Å². The van der Waals surface area contributed by atoms with Gasteiger partial charge in [-0.1, -0.05) is 0 Å². The van der Waals surface area contributed by atoms with Crippen molar-refractivity contribution < 1.29 is 4.39 Å². The van der Waals surface area contributed by atoms with Crippen molar-refractivity contribution in [1.82, 2.24) is 9.97 Å². The second-order valence-corrected chi connectivity index (χ2v) is 4.41. The largest absolute Gasteiger partial charge is 0.315 e. The number of rotatable bonds is 0. The van der Waals surface area contributed by atoms with E-state index in [0.717, 1.165) is 4.70 Å². The molecule has 16 heavy (non-hydrogen) atoms. The molecule has 4 nitrogen and oxygen atoms in total. The summed E-state index contributed by atoms with van der Waals surface area (Å²) in [6.45, 7) is 0. The number of H-pyrrole nitrogens is 2. The van der Waals surface area contributed by atoms with E-state index in [1.165, 1.54) is 23.5 Å². The van der Waals surface area contributed by atoms with E-state index in [0.29, 0.717) is 15.7 Å². The van der Waals surface area contributed by atoms with Crippen LogP contribution in [0.2, 0.25) is 0 Å². The van der Waals surface area contributed by atoms with Gasteiger partial charge < -0.3 is 9.97 Å². The van der Waals surface area contributed by atoms with Crippen LogP contribution in [0, 0.1) is 5.82 Å². The van der Waals surface area contributed by atoms with Gasteiger partial charge >= 0.3 is 11.1 Å². The van der Waals surface area contributed by atoms with Crippen LogP contribution in [0.25, 0.3) is 20.4 Å². The molecule has 0 fully saturated rings. The second kappa shape index (κ2) is 3.02. The highest BCUT2D eigenvalue weighted by molar-refractivity contribution is 7.25. The molecule has 0 aliphatic carbocycles. The SMILES string of the molecule is O=c1[nH]c2sc3ccc(F)cc3c2[nH]c1=O. The first-order chi connectivity index (χ1) is 7.65. The van der Waals surface area contributed by atoms with E-state index < -0.39 is 11.1 Å². The molecule has 0 atom stereocenters. The van der Waals surface area contributed by atoms with Crippen molar-refractivity contribution in [3.05, 3.63) is 44.7 Å². The van der Waals surface area contributed by atoms with Gasteiger partial charge in [-0.2, -0.15) is 0 Å². The van der Waals surface area contributed by atoms with E-state index in [9.17, 15) is 14.0 Å². The Morgan fingerprint density at radius 3 is 2.69 bits per heavy atom. The molecule has 2 aromatic heterocycles. The molecule has 0 bridgehead atoms. The highest BCUT2D eigenvalue weighted by atomic mass is 32.1. The van der Waals surface area contributed by atoms with Crippen LogP contribution < -0.4 is 11.1 Å². The van der Waals surface area contributed by atoms with Gasteiger partial charge in [-0.25, -0.2) is 4.39 Å². The average Bonchev–Trinajstić information content (AvgIpc) is 2.57. The summed E-state index contributed by atoms with van der Waals surface area (Å²) >= 11 is 1.30. The van der Waals surface area contributed by atoms with E-state index in [2.05, 4.69) is 9.97 Å². The molecule has 0 aliphatic heterocycles. The van der Waals surface area contributed by atoms with E-state index in [1.54, 1.807) is 6.07 Å². The molecule has 0 saturated heterocycles. The Labute approximate surface area is 91.4 Å². The van der Waals surface area contributed by atoms with Crippen molar-refractivity contribution in [2.45, 2.75) is 0 Å². The fraction of sp³-hybridized carbons (Fsp3) is 0. The van der Waals surface area contributed by atoms with Crippen LogP contribution in [0.3, 0.4) is 0 Å². The van der Waals surface area contributed by atoms with Gasteiger partial charge in [0.2, 0.25) is 0 Å². The maximum absolute atomic E-state index is 13.1. The summed E-state index contributed by atoms with van der Waals surface area (Å²) in [6.07, 6.45) is 0. The van der Waals surface area contributed by atoms with Crippen molar-refractivity contribution in [2.75, 3.05) is 0 Å². The van der Waals surface area contributed by atoms with Crippen LogP contribution in [0.1, 0.15) is 0 Å². The van der Waals surface area contributed by atoms with Crippen LogP contribution in [0.4, 0.5) is 4.39 Å². The van der Waals surface area contributed by atoms with E-state index in [1.807, 2.05) is 0 Å². The van der Waals surface area contributed by atoms with E-state index in [-0.39, 0.29) is 5.82 Å². The Morgan fingerprint density at radius 1 is 1.12 bits per heavy atom. The lowest BCUT2D eigenvalue weighted by atomic mass is 10.2. The summed E-state index contributed by atoms with van der Waals surface area (Å²) in [6, 6.07) is 4.29. The number of fused-ring (bicyclic) bond motifs is 3. The third-order valence-corrected chi connectivity index (χ3v) is 3.41. The zero-order valence-electron chi connectivity index (χ0n) is 7.83. The smallest absolute Gasteiger partial charge is 0.314 e. The summed E-state index contributed by atoms with van der Waals surface area (Å²) in [5.74, 6) is -0.376. The predicted molar refractivity (Wildman–Crippen MR) is 60.5 cm³/mol. The minimum Gasteiger partial charge on any atom is -0.315 e. The molecule has 0 spiro atoms. The fourth-order valence-corrected chi connectivity index (χ4v) is 2.65. The summed E-state index contributed by atoms with van der Waals surface area (Å²) in [4.78, 5) is 27.7. The molecular weight excluding hydrogens is 231 g/mol. The molecular formula is C10H5FN2O2S. The van der Waals surface area contributed by atoms with Gasteiger partial charge in [0.15, 0.2) is 0 Å². The highest BCUT2D eigenvalue weighted by Gasteiger charge is 2.08. The lowest BCUT2D eigenvalue weighted by Gasteiger charge is -1.90. The third kappa shape index (κ3) is 1.20. The van der Waals surface area contributed by atoms with Gasteiger partial charge in [-0.05, 0) is 18.2 Å². The average molecular weight is 236 g/mol. The molecule has 3 aromatic rings. The fourth-order valence-electron chi connectivity index (χ4n) is 1.61. The van der Waals surface area contributed by atoms with Crippen molar-refractivity contribution in [2.24, 2.45) is 0 Å². The summed E-state index contributed by atoms with van der Waals surface area (Å²) in [5.41, 5.74) is -0.944. The molecule has 0 amide bonds. The molecule has 1 aromatic carbocycles. The van der Waals surface area contributed by atoms with Crippen molar-refractivity contribution >= 4 is 31.8 Å². The molecule has 2 heterocycles. The molecule has 80 valence electrons. The Kier molecular flexibility index (Phi) is 1.75. The van der Waals surface area contributed by atoms with Gasteiger partial charge in [0.25, 0.3) is 0 Å². The normalized spacial score (nSPS) is 11.3. The van der Waals surface area contributed by atoms with Crippen molar-refractivity contribution in [3.63, 3.8) is 0 Å². The Balaban J connectivity index is 2.63.